The van der Waals surface area contributed by atoms with Gasteiger partial charge in [-0.25, -0.2) is 4.79 Å². The van der Waals surface area contributed by atoms with Crippen LogP contribution in [0.15, 0.2) is 18.2 Å². The normalized spacial score (nSPS) is 20.5. The van der Waals surface area contributed by atoms with E-state index in [4.69, 9.17) is 0 Å². The van der Waals surface area contributed by atoms with Gasteiger partial charge in [-0.3, -0.25) is 14.9 Å². The first-order chi connectivity index (χ1) is 10.5. The summed E-state index contributed by atoms with van der Waals surface area (Å²) in [6.45, 7) is 2.94. The van der Waals surface area contributed by atoms with E-state index >= 15 is 0 Å². The number of urea groups is 1. The van der Waals surface area contributed by atoms with E-state index < -0.39 is 11.6 Å². The number of aryl methyl sites for hydroxylation is 1. The van der Waals surface area contributed by atoms with E-state index in [0.29, 0.717) is 25.9 Å². The number of rotatable bonds is 2. The maximum Gasteiger partial charge on any atom is 0.322 e. The number of hydrogen-bond acceptors (Lipinski definition) is 4. The van der Waals surface area contributed by atoms with Gasteiger partial charge in [0.2, 0.25) is 5.91 Å². The molecular weight excluding hydrogens is 302 g/mol. The molecule has 1 spiro atoms. The average molecular weight is 319 g/mol. The predicted octanol–water partition coefficient (Wildman–Crippen LogP) is 1.27. The maximum atomic E-state index is 12.2. The van der Waals surface area contributed by atoms with Crippen LogP contribution in [0.4, 0.5) is 4.79 Å². The summed E-state index contributed by atoms with van der Waals surface area (Å²) in [5, 5.41) is 4.95. The lowest BCUT2D eigenvalue weighted by Crippen LogP contribution is -2.55. The number of piperidine rings is 1. The minimum atomic E-state index is -0.831. The molecule has 0 atom stereocenters. The molecule has 1 aromatic rings. The van der Waals surface area contributed by atoms with Crippen molar-refractivity contribution >= 4 is 35.3 Å². The highest BCUT2D eigenvalue weighted by molar-refractivity contribution is 7.12. The molecule has 2 fully saturated rings. The van der Waals surface area contributed by atoms with Crippen LogP contribution in [0.5, 0.6) is 0 Å². The second-order valence-corrected chi connectivity index (χ2v) is 6.92. The van der Waals surface area contributed by atoms with Crippen LogP contribution in [0.1, 0.15) is 22.6 Å². The van der Waals surface area contributed by atoms with E-state index in [-0.39, 0.29) is 11.8 Å². The van der Waals surface area contributed by atoms with E-state index in [1.807, 2.05) is 25.1 Å². The minimum Gasteiger partial charge on any atom is -0.339 e. The first-order valence-electron chi connectivity index (χ1n) is 7.16. The average Bonchev–Trinajstić information content (AvgIpc) is 3.01. The van der Waals surface area contributed by atoms with Crippen LogP contribution in [0.2, 0.25) is 0 Å². The Hall–Kier alpha value is -2.15. The number of hydrogen-bond donors (Lipinski definition) is 2. The summed E-state index contributed by atoms with van der Waals surface area (Å²) in [6, 6.07) is 3.55. The van der Waals surface area contributed by atoms with Crippen molar-refractivity contribution in [3.63, 3.8) is 0 Å². The summed E-state index contributed by atoms with van der Waals surface area (Å²) in [4.78, 5) is 39.2. The van der Waals surface area contributed by atoms with E-state index in [2.05, 4.69) is 10.6 Å². The quantitative estimate of drug-likeness (QED) is 0.636. The zero-order valence-electron chi connectivity index (χ0n) is 12.2. The smallest absolute Gasteiger partial charge is 0.322 e. The van der Waals surface area contributed by atoms with Gasteiger partial charge in [-0.1, -0.05) is 0 Å². The first kappa shape index (κ1) is 14.8. The Balaban J connectivity index is 1.59. The van der Waals surface area contributed by atoms with Gasteiger partial charge in [0.15, 0.2) is 0 Å². The van der Waals surface area contributed by atoms with Crippen molar-refractivity contribution in [3.8, 4) is 0 Å². The number of likely N-dealkylation sites (tertiary alicyclic amines) is 1. The topological polar surface area (TPSA) is 78.5 Å². The van der Waals surface area contributed by atoms with Crippen molar-refractivity contribution in [1.82, 2.24) is 15.5 Å². The Morgan fingerprint density at radius 3 is 2.59 bits per heavy atom. The maximum absolute atomic E-state index is 12.2. The van der Waals surface area contributed by atoms with Gasteiger partial charge in [0.1, 0.15) is 5.54 Å². The first-order valence-corrected chi connectivity index (χ1v) is 7.97. The van der Waals surface area contributed by atoms with Crippen molar-refractivity contribution in [2.45, 2.75) is 25.3 Å². The highest BCUT2D eigenvalue weighted by atomic mass is 32.1. The fourth-order valence-corrected chi connectivity index (χ4v) is 3.57. The molecule has 0 radical (unpaired) electrons. The number of amides is 4. The van der Waals surface area contributed by atoms with Crippen molar-refractivity contribution in [2.75, 3.05) is 13.1 Å². The van der Waals surface area contributed by atoms with Crippen LogP contribution in [0, 0.1) is 6.92 Å². The minimum absolute atomic E-state index is 0.0642. The molecular formula is C15H17N3O3S. The molecule has 2 aliphatic heterocycles. The molecule has 2 N–H and O–H groups in total. The lowest BCUT2D eigenvalue weighted by Gasteiger charge is -2.36. The molecule has 0 aromatic carbocycles. The van der Waals surface area contributed by atoms with Crippen molar-refractivity contribution in [3.05, 3.63) is 28.0 Å². The monoisotopic (exact) mass is 319 g/mol. The van der Waals surface area contributed by atoms with Gasteiger partial charge in [-0.05, 0) is 38.0 Å². The van der Waals surface area contributed by atoms with Gasteiger partial charge in [0.25, 0.3) is 5.91 Å². The van der Waals surface area contributed by atoms with Crippen LogP contribution >= 0.6 is 11.3 Å². The van der Waals surface area contributed by atoms with Gasteiger partial charge in [0, 0.05) is 28.9 Å². The Morgan fingerprint density at radius 1 is 1.32 bits per heavy atom. The number of carbonyl (C=O) groups excluding carboxylic acids is 3. The molecule has 1 aromatic heterocycles. The third-order valence-electron chi connectivity index (χ3n) is 4.09. The number of thiophene rings is 1. The van der Waals surface area contributed by atoms with E-state index in [1.54, 1.807) is 22.3 Å². The Bertz CT molecular complexity index is 657. The summed E-state index contributed by atoms with van der Waals surface area (Å²) in [5.74, 6) is -0.347. The van der Waals surface area contributed by atoms with Gasteiger partial charge >= 0.3 is 6.03 Å². The molecule has 116 valence electrons. The molecule has 7 heteroatoms. The van der Waals surface area contributed by atoms with E-state index in [9.17, 15) is 14.4 Å². The van der Waals surface area contributed by atoms with Crippen molar-refractivity contribution < 1.29 is 14.4 Å². The van der Waals surface area contributed by atoms with Crippen LogP contribution in [-0.4, -0.2) is 41.4 Å². The second-order valence-electron chi connectivity index (χ2n) is 5.60. The lowest BCUT2D eigenvalue weighted by atomic mass is 9.87. The SMILES string of the molecule is Cc1ccc(C=CC(=O)N2CCC3(CC2)NC(=O)NC3=O)s1. The Morgan fingerprint density at radius 2 is 2.05 bits per heavy atom. The second kappa shape index (κ2) is 5.57. The summed E-state index contributed by atoms with van der Waals surface area (Å²) in [7, 11) is 0. The molecule has 22 heavy (non-hydrogen) atoms. The van der Waals surface area contributed by atoms with Crippen molar-refractivity contribution in [2.24, 2.45) is 0 Å². The third-order valence-corrected chi connectivity index (χ3v) is 5.06. The zero-order valence-corrected chi connectivity index (χ0v) is 13.0. The molecule has 2 saturated heterocycles. The van der Waals surface area contributed by atoms with Gasteiger partial charge in [0.05, 0.1) is 0 Å². The standard InChI is InChI=1S/C15H17N3O3S/c1-10-2-3-11(22-10)4-5-12(19)18-8-6-15(7-9-18)13(20)16-14(21)17-15/h2-5H,6-9H2,1H3,(H2,16,17,20,21). The third kappa shape index (κ3) is 2.76. The highest BCUT2D eigenvalue weighted by Crippen LogP contribution is 2.25. The number of nitrogens with one attached hydrogen (secondary N) is 2. The van der Waals surface area contributed by atoms with Crippen LogP contribution in [0.25, 0.3) is 6.08 Å². The fourth-order valence-electron chi connectivity index (χ4n) is 2.79. The number of imide groups is 1. The van der Waals surface area contributed by atoms with Crippen LogP contribution in [0.3, 0.4) is 0 Å². The van der Waals surface area contributed by atoms with Gasteiger partial charge < -0.3 is 10.2 Å². The molecule has 0 unspecified atom stereocenters. The molecule has 6 nitrogen and oxygen atoms in total. The summed E-state index contributed by atoms with van der Waals surface area (Å²) >= 11 is 1.63. The fraction of sp³-hybridized carbons (Fsp3) is 0.400. The molecule has 2 aliphatic rings. The van der Waals surface area contributed by atoms with Gasteiger partial charge in [-0.15, -0.1) is 11.3 Å². The number of carbonyl (C=O) groups is 3. The predicted molar refractivity (Wildman–Crippen MR) is 83.3 cm³/mol. The molecule has 3 heterocycles. The highest BCUT2D eigenvalue weighted by Gasteiger charge is 2.48. The molecule has 0 saturated carbocycles. The summed E-state index contributed by atoms with van der Waals surface area (Å²) in [6.07, 6.45) is 4.27. The van der Waals surface area contributed by atoms with Crippen molar-refractivity contribution in [1.29, 1.82) is 0 Å². The summed E-state index contributed by atoms with van der Waals surface area (Å²) in [5.41, 5.74) is -0.831. The lowest BCUT2D eigenvalue weighted by molar-refractivity contribution is -0.132. The van der Waals surface area contributed by atoms with Gasteiger partial charge in [-0.2, -0.15) is 0 Å². The largest absolute Gasteiger partial charge is 0.339 e. The Kier molecular flexibility index (Phi) is 3.74. The van der Waals surface area contributed by atoms with E-state index in [0.717, 1.165) is 4.88 Å². The Labute approximate surface area is 132 Å². The van der Waals surface area contributed by atoms with Crippen LogP contribution < -0.4 is 10.6 Å². The molecule has 3 rings (SSSR count). The number of nitrogens with zero attached hydrogens (tertiary/aromatic N) is 1. The molecule has 0 bridgehead atoms. The van der Waals surface area contributed by atoms with E-state index in [1.165, 1.54) is 4.88 Å². The molecule has 0 aliphatic carbocycles. The zero-order chi connectivity index (χ0) is 15.7. The summed E-state index contributed by atoms with van der Waals surface area (Å²) < 4.78 is 0. The molecule has 4 amide bonds. The van der Waals surface area contributed by atoms with Crippen LogP contribution in [-0.2, 0) is 9.59 Å².